The number of nitrogens with zero attached hydrogens (tertiary/aromatic N) is 1. The van der Waals surface area contributed by atoms with E-state index in [1.54, 1.807) is 11.3 Å². The summed E-state index contributed by atoms with van der Waals surface area (Å²) in [6.45, 7) is 6.56. The zero-order chi connectivity index (χ0) is 14.7. The van der Waals surface area contributed by atoms with Crippen LogP contribution in [0.3, 0.4) is 0 Å². The number of rotatable bonds is 4. The molecule has 2 atom stereocenters. The first-order valence-corrected chi connectivity index (χ1v) is 8.04. The second kappa shape index (κ2) is 6.39. The Hall–Kier alpha value is -1.36. The SMILES string of the molecule is CC(C)C1NC(=O)CC(C)N(CCc2ccsc2)C1=O. The van der Waals surface area contributed by atoms with Crippen LogP contribution in [-0.4, -0.2) is 35.3 Å². The Morgan fingerprint density at radius 3 is 2.80 bits per heavy atom. The van der Waals surface area contributed by atoms with Crippen LogP contribution >= 0.6 is 11.3 Å². The number of carbonyl (C=O) groups excluding carboxylic acids is 2. The third kappa shape index (κ3) is 3.39. The Labute approximate surface area is 124 Å². The fourth-order valence-corrected chi connectivity index (χ4v) is 3.24. The van der Waals surface area contributed by atoms with Crippen LogP contribution in [0.15, 0.2) is 16.8 Å². The number of hydrogen-bond acceptors (Lipinski definition) is 3. The highest BCUT2D eigenvalue weighted by molar-refractivity contribution is 7.07. The lowest BCUT2D eigenvalue weighted by Gasteiger charge is -2.29. The zero-order valence-electron chi connectivity index (χ0n) is 12.3. The third-order valence-corrected chi connectivity index (χ3v) is 4.50. The van der Waals surface area contributed by atoms with Gasteiger partial charge in [0.1, 0.15) is 6.04 Å². The molecule has 0 aliphatic carbocycles. The molecule has 0 spiro atoms. The van der Waals surface area contributed by atoms with Crippen LogP contribution in [0, 0.1) is 5.92 Å². The van der Waals surface area contributed by atoms with Crippen molar-refractivity contribution in [3.63, 3.8) is 0 Å². The molecule has 20 heavy (non-hydrogen) atoms. The average molecular weight is 294 g/mol. The lowest BCUT2D eigenvalue weighted by molar-refractivity contribution is -0.136. The predicted octanol–water partition coefficient (Wildman–Crippen LogP) is 2.05. The Bertz CT molecular complexity index is 470. The summed E-state index contributed by atoms with van der Waals surface area (Å²) in [6, 6.07) is 1.65. The first kappa shape index (κ1) is 15.0. The third-order valence-electron chi connectivity index (χ3n) is 3.77. The van der Waals surface area contributed by atoms with Crippen molar-refractivity contribution in [2.45, 2.75) is 45.7 Å². The summed E-state index contributed by atoms with van der Waals surface area (Å²) < 4.78 is 0. The molecular formula is C15H22N2O2S. The molecule has 1 aliphatic rings. The summed E-state index contributed by atoms with van der Waals surface area (Å²) in [5.74, 6) is 0.136. The van der Waals surface area contributed by atoms with Gasteiger partial charge in [-0.1, -0.05) is 13.8 Å². The highest BCUT2D eigenvalue weighted by Crippen LogP contribution is 2.17. The fraction of sp³-hybridized carbons (Fsp3) is 0.600. The van der Waals surface area contributed by atoms with E-state index in [0.29, 0.717) is 13.0 Å². The van der Waals surface area contributed by atoms with E-state index in [4.69, 9.17) is 0 Å². The second-order valence-corrected chi connectivity index (χ2v) is 6.54. The van der Waals surface area contributed by atoms with Crippen LogP contribution in [0.1, 0.15) is 32.8 Å². The average Bonchev–Trinajstić information content (AvgIpc) is 2.85. The molecule has 1 N–H and O–H groups in total. The Kier molecular flexibility index (Phi) is 4.81. The van der Waals surface area contributed by atoms with E-state index < -0.39 is 6.04 Å². The van der Waals surface area contributed by atoms with E-state index in [9.17, 15) is 9.59 Å². The molecule has 0 aromatic carbocycles. The number of amides is 2. The molecule has 2 unspecified atom stereocenters. The minimum atomic E-state index is -0.394. The fourth-order valence-electron chi connectivity index (χ4n) is 2.54. The van der Waals surface area contributed by atoms with Gasteiger partial charge in [-0.05, 0) is 41.7 Å². The molecule has 0 bridgehead atoms. The standard InChI is InChI=1S/C15H22N2O2S/c1-10(2)14-15(19)17(11(3)8-13(18)16-14)6-4-12-5-7-20-9-12/h5,7,9-11,14H,4,6,8H2,1-3H3,(H,16,18). The van der Waals surface area contributed by atoms with Crippen LogP contribution < -0.4 is 5.32 Å². The van der Waals surface area contributed by atoms with Gasteiger partial charge in [-0.3, -0.25) is 9.59 Å². The smallest absolute Gasteiger partial charge is 0.245 e. The first-order chi connectivity index (χ1) is 9.49. The van der Waals surface area contributed by atoms with Gasteiger partial charge in [0.15, 0.2) is 0 Å². The summed E-state index contributed by atoms with van der Waals surface area (Å²) in [6.07, 6.45) is 1.23. The normalized spacial score (nSPS) is 23.9. The monoisotopic (exact) mass is 294 g/mol. The van der Waals surface area contributed by atoms with E-state index in [-0.39, 0.29) is 23.8 Å². The van der Waals surface area contributed by atoms with Gasteiger partial charge in [0.05, 0.1) is 0 Å². The molecule has 2 rings (SSSR count). The van der Waals surface area contributed by atoms with Gasteiger partial charge < -0.3 is 10.2 Å². The lowest BCUT2D eigenvalue weighted by Crippen LogP contribution is -2.49. The topological polar surface area (TPSA) is 49.4 Å². The number of carbonyl (C=O) groups is 2. The van der Waals surface area contributed by atoms with E-state index in [1.165, 1.54) is 5.56 Å². The van der Waals surface area contributed by atoms with Crippen molar-refractivity contribution in [1.82, 2.24) is 10.2 Å². The maximum Gasteiger partial charge on any atom is 0.245 e. The van der Waals surface area contributed by atoms with Gasteiger partial charge in [-0.25, -0.2) is 0 Å². The van der Waals surface area contributed by atoms with Crippen molar-refractivity contribution in [2.24, 2.45) is 5.92 Å². The molecule has 1 saturated heterocycles. The molecule has 1 aromatic heterocycles. The highest BCUT2D eigenvalue weighted by Gasteiger charge is 2.35. The van der Waals surface area contributed by atoms with Gasteiger partial charge in [-0.15, -0.1) is 0 Å². The van der Waals surface area contributed by atoms with Crippen LogP contribution in [0.25, 0.3) is 0 Å². The first-order valence-electron chi connectivity index (χ1n) is 7.10. The van der Waals surface area contributed by atoms with Crippen LogP contribution in [-0.2, 0) is 16.0 Å². The van der Waals surface area contributed by atoms with Crippen molar-refractivity contribution in [2.75, 3.05) is 6.54 Å². The number of thiophene rings is 1. The van der Waals surface area contributed by atoms with Crippen LogP contribution in [0.4, 0.5) is 0 Å². The quantitative estimate of drug-likeness (QED) is 0.924. The van der Waals surface area contributed by atoms with Crippen molar-refractivity contribution >= 4 is 23.2 Å². The van der Waals surface area contributed by atoms with E-state index in [2.05, 4.69) is 16.8 Å². The summed E-state index contributed by atoms with van der Waals surface area (Å²) in [5.41, 5.74) is 1.25. The molecule has 2 amide bonds. The highest BCUT2D eigenvalue weighted by atomic mass is 32.1. The zero-order valence-corrected chi connectivity index (χ0v) is 13.1. The molecule has 1 aromatic rings. The van der Waals surface area contributed by atoms with E-state index in [0.717, 1.165) is 6.42 Å². The maximum absolute atomic E-state index is 12.6. The Morgan fingerprint density at radius 1 is 1.45 bits per heavy atom. The largest absolute Gasteiger partial charge is 0.344 e. The summed E-state index contributed by atoms with van der Waals surface area (Å²) in [4.78, 5) is 26.3. The van der Waals surface area contributed by atoms with Crippen LogP contribution in [0.2, 0.25) is 0 Å². The molecule has 2 heterocycles. The van der Waals surface area contributed by atoms with Gasteiger partial charge in [0.2, 0.25) is 11.8 Å². The molecular weight excluding hydrogens is 272 g/mol. The predicted molar refractivity (Wildman–Crippen MR) is 80.6 cm³/mol. The number of hydrogen-bond donors (Lipinski definition) is 1. The van der Waals surface area contributed by atoms with Gasteiger partial charge in [-0.2, -0.15) is 11.3 Å². The molecule has 0 radical (unpaired) electrons. The molecule has 0 saturated carbocycles. The molecule has 5 heteroatoms. The summed E-state index contributed by atoms with van der Waals surface area (Å²) in [5, 5.41) is 7.01. The van der Waals surface area contributed by atoms with Gasteiger partial charge >= 0.3 is 0 Å². The Balaban J connectivity index is 2.10. The minimum absolute atomic E-state index is 0.0254. The Morgan fingerprint density at radius 2 is 2.20 bits per heavy atom. The summed E-state index contributed by atoms with van der Waals surface area (Å²) >= 11 is 1.67. The molecule has 110 valence electrons. The molecule has 4 nitrogen and oxygen atoms in total. The maximum atomic E-state index is 12.6. The number of nitrogens with one attached hydrogen (secondary N) is 1. The molecule has 1 fully saturated rings. The minimum Gasteiger partial charge on any atom is -0.344 e. The van der Waals surface area contributed by atoms with Gasteiger partial charge in [0, 0.05) is 19.0 Å². The van der Waals surface area contributed by atoms with Crippen molar-refractivity contribution in [3.05, 3.63) is 22.4 Å². The van der Waals surface area contributed by atoms with Crippen LogP contribution in [0.5, 0.6) is 0 Å². The van der Waals surface area contributed by atoms with Crippen molar-refractivity contribution in [1.29, 1.82) is 0 Å². The summed E-state index contributed by atoms with van der Waals surface area (Å²) in [7, 11) is 0. The molecule has 1 aliphatic heterocycles. The lowest BCUT2D eigenvalue weighted by atomic mass is 10.0. The van der Waals surface area contributed by atoms with Crippen molar-refractivity contribution in [3.8, 4) is 0 Å². The second-order valence-electron chi connectivity index (χ2n) is 5.76. The van der Waals surface area contributed by atoms with E-state index >= 15 is 0 Å². The van der Waals surface area contributed by atoms with Crippen molar-refractivity contribution < 1.29 is 9.59 Å². The van der Waals surface area contributed by atoms with E-state index in [1.807, 2.05) is 31.1 Å². The van der Waals surface area contributed by atoms with Gasteiger partial charge in [0.25, 0.3) is 0 Å².